The van der Waals surface area contributed by atoms with E-state index >= 15 is 0 Å². The van der Waals surface area contributed by atoms with Crippen LogP contribution in [-0.2, 0) is 0 Å². The number of nitrogens with zero attached hydrogens (tertiary/aromatic N) is 3. The van der Waals surface area contributed by atoms with Crippen molar-refractivity contribution < 1.29 is 4.92 Å². The third-order valence-corrected chi connectivity index (χ3v) is 6.63. The summed E-state index contributed by atoms with van der Waals surface area (Å²) < 4.78 is 0. The molecule has 6 nitrogen and oxygen atoms in total. The van der Waals surface area contributed by atoms with Gasteiger partial charge in [-0.1, -0.05) is 42.5 Å². The minimum Gasteiger partial charge on any atom is -0.372 e. The lowest BCUT2D eigenvalue weighted by Gasteiger charge is -2.34. The number of benzene rings is 4. The van der Waals surface area contributed by atoms with E-state index in [1.165, 1.54) is 5.69 Å². The molecule has 0 bridgehead atoms. The lowest BCUT2D eigenvalue weighted by molar-refractivity contribution is -0.384. The summed E-state index contributed by atoms with van der Waals surface area (Å²) in [6, 6.07) is 31.8. The molecule has 1 aliphatic carbocycles. The fourth-order valence-electron chi connectivity index (χ4n) is 4.90. The van der Waals surface area contributed by atoms with Crippen molar-refractivity contribution in [2.24, 2.45) is 0 Å². The lowest BCUT2D eigenvalue weighted by Crippen LogP contribution is -2.34. The van der Waals surface area contributed by atoms with Crippen LogP contribution < -0.4 is 15.3 Å². The van der Waals surface area contributed by atoms with Gasteiger partial charge in [0.15, 0.2) is 0 Å². The molecule has 4 aromatic carbocycles. The van der Waals surface area contributed by atoms with E-state index < -0.39 is 0 Å². The van der Waals surface area contributed by atoms with Crippen LogP contribution in [-0.4, -0.2) is 18.0 Å². The van der Waals surface area contributed by atoms with Gasteiger partial charge in [0.05, 0.1) is 16.3 Å². The molecule has 0 saturated heterocycles. The third-order valence-electron chi connectivity index (χ3n) is 6.63. The zero-order valence-corrected chi connectivity index (χ0v) is 19.9. The number of nitrogens with one attached hydrogen (secondary N) is 1. The van der Waals surface area contributed by atoms with E-state index in [0.717, 1.165) is 46.7 Å². The number of rotatable bonds is 8. The van der Waals surface area contributed by atoms with Gasteiger partial charge in [-0.2, -0.15) is 0 Å². The summed E-state index contributed by atoms with van der Waals surface area (Å²) in [5, 5.41) is 13.6. The molecule has 0 aliphatic heterocycles. The minimum absolute atomic E-state index is 0.102. The molecular formula is C29H28N4O2. The summed E-state index contributed by atoms with van der Waals surface area (Å²) in [5.74, 6) is 0. The molecule has 6 heteroatoms. The highest BCUT2D eigenvalue weighted by molar-refractivity contribution is 5.82. The van der Waals surface area contributed by atoms with Crippen LogP contribution in [0.4, 0.5) is 22.7 Å². The number of hydrogen-bond donors (Lipinski definition) is 1. The Balaban J connectivity index is 1.59. The second-order valence-electron chi connectivity index (χ2n) is 8.55. The van der Waals surface area contributed by atoms with E-state index in [1.54, 1.807) is 12.1 Å². The molecule has 1 atom stereocenters. The van der Waals surface area contributed by atoms with Crippen molar-refractivity contribution in [2.45, 2.75) is 19.9 Å². The molecule has 4 aromatic rings. The Bertz CT molecular complexity index is 1330. The minimum atomic E-state index is -0.332. The van der Waals surface area contributed by atoms with E-state index in [-0.39, 0.29) is 16.7 Å². The van der Waals surface area contributed by atoms with Crippen LogP contribution in [0.5, 0.6) is 0 Å². The third kappa shape index (κ3) is 4.19. The average Bonchev–Trinajstić information content (AvgIpc) is 3.23. The van der Waals surface area contributed by atoms with Crippen LogP contribution >= 0.6 is 0 Å². The van der Waals surface area contributed by atoms with E-state index in [1.807, 2.05) is 42.5 Å². The lowest BCUT2D eigenvalue weighted by atomic mass is 10.0. The molecule has 0 fully saturated rings. The predicted molar refractivity (Wildman–Crippen MR) is 143 cm³/mol. The van der Waals surface area contributed by atoms with Crippen molar-refractivity contribution in [1.29, 1.82) is 0 Å². The van der Waals surface area contributed by atoms with Gasteiger partial charge in [0.25, 0.3) is 5.69 Å². The molecule has 1 N–H and O–H groups in total. The SMILES string of the molecule is CCN(CC)c1ccc(NN(c2ccccc2)C2c3ccccc3-c3cc([N+](=O)[O-])ccc32)cc1. The monoisotopic (exact) mass is 464 g/mol. The second kappa shape index (κ2) is 9.50. The van der Waals surface area contributed by atoms with Crippen LogP contribution in [0.3, 0.4) is 0 Å². The zero-order valence-electron chi connectivity index (χ0n) is 19.9. The number of fused-ring (bicyclic) bond motifs is 3. The first-order valence-corrected chi connectivity index (χ1v) is 11.9. The Labute approximate surface area is 205 Å². The number of para-hydroxylation sites is 1. The summed E-state index contributed by atoms with van der Waals surface area (Å²) in [6.45, 7) is 6.24. The van der Waals surface area contributed by atoms with Crippen molar-refractivity contribution in [3.05, 3.63) is 118 Å². The maximum absolute atomic E-state index is 11.5. The maximum atomic E-state index is 11.5. The first-order valence-electron chi connectivity index (χ1n) is 11.9. The largest absolute Gasteiger partial charge is 0.372 e. The fraction of sp³-hybridized carbons (Fsp3) is 0.172. The molecule has 0 aromatic heterocycles. The van der Waals surface area contributed by atoms with Crippen LogP contribution in [0, 0.1) is 10.1 Å². The number of hydrazine groups is 1. The van der Waals surface area contributed by atoms with Crippen molar-refractivity contribution in [1.82, 2.24) is 0 Å². The molecule has 176 valence electrons. The van der Waals surface area contributed by atoms with E-state index in [9.17, 15) is 10.1 Å². The van der Waals surface area contributed by atoms with Crippen molar-refractivity contribution >= 4 is 22.7 Å². The number of anilines is 3. The Hall–Kier alpha value is -4.32. The predicted octanol–water partition coefficient (Wildman–Crippen LogP) is 7.04. The molecule has 35 heavy (non-hydrogen) atoms. The molecule has 1 aliphatic rings. The van der Waals surface area contributed by atoms with Crippen LogP contribution in [0.2, 0.25) is 0 Å². The highest BCUT2D eigenvalue weighted by Crippen LogP contribution is 2.48. The van der Waals surface area contributed by atoms with Crippen molar-refractivity contribution in [2.75, 3.05) is 28.4 Å². The van der Waals surface area contributed by atoms with Gasteiger partial charge in [-0.3, -0.25) is 20.5 Å². The highest BCUT2D eigenvalue weighted by Gasteiger charge is 2.34. The first-order chi connectivity index (χ1) is 17.1. The highest BCUT2D eigenvalue weighted by atomic mass is 16.6. The maximum Gasteiger partial charge on any atom is 0.270 e. The van der Waals surface area contributed by atoms with Gasteiger partial charge in [0.2, 0.25) is 0 Å². The molecular weight excluding hydrogens is 436 g/mol. The van der Waals surface area contributed by atoms with Gasteiger partial charge in [0.1, 0.15) is 6.04 Å². The molecule has 0 saturated carbocycles. The second-order valence-corrected chi connectivity index (χ2v) is 8.55. The van der Waals surface area contributed by atoms with E-state index in [0.29, 0.717) is 0 Å². The van der Waals surface area contributed by atoms with E-state index in [2.05, 4.69) is 71.6 Å². The molecule has 0 amide bonds. The van der Waals surface area contributed by atoms with E-state index in [4.69, 9.17) is 0 Å². The number of hydrogen-bond acceptors (Lipinski definition) is 5. The summed E-state index contributed by atoms with van der Waals surface area (Å²) >= 11 is 0. The van der Waals surface area contributed by atoms with Gasteiger partial charge in [-0.25, -0.2) is 0 Å². The first kappa shape index (κ1) is 22.5. The van der Waals surface area contributed by atoms with Crippen LogP contribution in [0.1, 0.15) is 31.0 Å². The molecule has 5 rings (SSSR count). The molecule has 0 radical (unpaired) electrons. The van der Waals surface area contributed by atoms with Gasteiger partial charge >= 0.3 is 0 Å². The van der Waals surface area contributed by atoms with Gasteiger partial charge < -0.3 is 4.90 Å². The zero-order chi connectivity index (χ0) is 24.4. The number of nitro groups is 1. The number of non-ortho nitro benzene ring substituents is 1. The summed E-state index contributed by atoms with van der Waals surface area (Å²) in [7, 11) is 0. The van der Waals surface area contributed by atoms with Gasteiger partial charge in [-0.05, 0) is 78.6 Å². The smallest absolute Gasteiger partial charge is 0.270 e. The molecule has 0 heterocycles. The standard InChI is InChI=1S/C29H28N4O2/c1-3-31(4-2)22-16-14-21(15-17-22)30-32(23-10-6-5-7-11-23)29-26-13-9-8-12-25(26)28-20-24(33(34)35)18-19-27(28)29/h5-20,29-30H,3-4H2,1-2H3. The summed E-state index contributed by atoms with van der Waals surface area (Å²) in [5.41, 5.74) is 11.0. The fourth-order valence-corrected chi connectivity index (χ4v) is 4.90. The molecule has 1 unspecified atom stereocenters. The number of nitro benzene ring substituents is 1. The van der Waals surface area contributed by atoms with Crippen LogP contribution in [0.15, 0.2) is 97.1 Å². The Morgan fingerprint density at radius 2 is 1.43 bits per heavy atom. The Morgan fingerprint density at radius 1 is 0.771 bits per heavy atom. The average molecular weight is 465 g/mol. The normalized spacial score (nSPS) is 13.6. The Morgan fingerprint density at radius 3 is 2.11 bits per heavy atom. The Kier molecular flexibility index (Phi) is 6.10. The quantitative estimate of drug-likeness (QED) is 0.224. The van der Waals surface area contributed by atoms with Gasteiger partial charge in [-0.15, -0.1) is 0 Å². The van der Waals surface area contributed by atoms with Crippen LogP contribution in [0.25, 0.3) is 11.1 Å². The van der Waals surface area contributed by atoms with Crippen molar-refractivity contribution in [3.63, 3.8) is 0 Å². The van der Waals surface area contributed by atoms with Gasteiger partial charge in [0, 0.05) is 30.9 Å². The topological polar surface area (TPSA) is 61.6 Å². The summed E-state index contributed by atoms with van der Waals surface area (Å²) in [4.78, 5) is 13.5. The van der Waals surface area contributed by atoms with Crippen molar-refractivity contribution in [3.8, 4) is 11.1 Å². The molecule has 0 spiro atoms. The summed E-state index contributed by atoms with van der Waals surface area (Å²) in [6.07, 6.45) is 0.